The van der Waals surface area contributed by atoms with E-state index in [0.29, 0.717) is 28.1 Å². The van der Waals surface area contributed by atoms with Gasteiger partial charge in [0, 0.05) is 35.9 Å². The minimum Gasteiger partial charge on any atom is -0.373 e. The third-order valence-electron chi connectivity index (χ3n) is 5.65. The van der Waals surface area contributed by atoms with Crippen LogP contribution in [-0.2, 0) is 17.9 Å². The van der Waals surface area contributed by atoms with E-state index < -0.39 is 17.4 Å². The van der Waals surface area contributed by atoms with Crippen LogP contribution in [0.15, 0.2) is 30.3 Å². The molecular formula is C23H24Cl2F2N2O2S. The fourth-order valence-electron chi connectivity index (χ4n) is 4.11. The van der Waals surface area contributed by atoms with Crippen molar-refractivity contribution in [2.24, 2.45) is 0 Å². The summed E-state index contributed by atoms with van der Waals surface area (Å²) >= 11 is 13.2. The van der Waals surface area contributed by atoms with Crippen LogP contribution in [0.5, 0.6) is 0 Å². The summed E-state index contributed by atoms with van der Waals surface area (Å²) in [5, 5.41) is 1.11. The first kappa shape index (κ1) is 23.8. The topological polar surface area (TPSA) is 41.6 Å². The third-order valence-corrected chi connectivity index (χ3v) is 6.47. The molecule has 0 spiro atoms. The first-order chi connectivity index (χ1) is 15.3. The number of amides is 1. The Morgan fingerprint density at radius 1 is 1.22 bits per heavy atom. The second kappa shape index (κ2) is 9.85. The number of carbonyl (C=O) groups excluding carboxylic acids is 1. The summed E-state index contributed by atoms with van der Waals surface area (Å²) in [5.74, 6) is -0.745. The molecule has 0 aromatic heterocycles. The minimum absolute atomic E-state index is 0.0303. The number of nitrogens with zero attached hydrogens (tertiary/aromatic N) is 1. The molecule has 1 saturated heterocycles. The summed E-state index contributed by atoms with van der Waals surface area (Å²) in [6.45, 7) is 1.09. The molecule has 4 nitrogen and oxygen atoms in total. The Labute approximate surface area is 200 Å². The van der Waals surface area contributed by atoms with E-state index >= 15 is 0 Å². The van der Waals surface area contributed by atoms with Crippen molar-refractivity contribution in [3.63, 3.8) is 0 Å². The number of halogens is 4. The third kappa shape index (κ3) is 5.75. The van der Waals surface area contributed by atoms with Gasteiger partial charge in [-0.25, -0.2) is 8.78 Å². The van der Waals surface area contributed by atoms with Gasteiger partial charge in [0.1, 0.15) is 5.82 Å². The number of likely N-dealkylation sites (tertiary alicyclic amines) is 1. The SMILES string of the molecule is CSNC(=O)c1cc(C2CC2)c(COCC2(F)CN(Cc3cc(Cl)cc(Cl)c3)C2)cc1F. The second-order valence-corrected chi connectivity index (χ2v) is 9.99. The first-order valence-electron chi connectivity index (χ1n) is 10.4. The molecule has 9 heteroatoms. The van der Waals surface area contributed by atoms with Gasteiger partial charge in [-0.1, -0.05) is 35.1 Å². The quantitative estimate of drug-likeness (QED) is 0.444. The molecule has 2 aromatic carbocycles. The van der Waals surface area contributed by atoms with Crippen molar-refractivity contribution in [1.29, 1.82) is 0 Å². The lowest BCUT2D eigenvalue weighted by atomic mass is 9.96. The van der Waals surface area contributed by atoms with Crippen LogP contribution in [0.2, 0.25) is 10.0 Å². The predicted molar refractivity (Wildman–Crippen MR) is 125 cm³/mol. The first-order valence-corrected chi connectivity index (χ1v) is 12.3. The van der Waals surface area contributed by atoms with Crippen LogP contribution < -0.4 is 4.72 Å². The Hall–Kier alpha value is -1.38. The Morgan fingerprint density at radius 3 is 2.53 bits per heavy atom. The molecule has 1 aliphatic heterocycles. The summed E-state index contributed by atoms with van der Waals surface area (Å²) in [6, 6.07) is 8.27. The molecular weight excluding hydrogens is 477 g/mol. The van der Waals surface area contributed by atoms with E-state index in [1.807, 2.05) is 17.0 Å². The zero-order valence-corrected chi connectivity index (χ0v) is 19.9. The van der Waals surface area contributed by atoms with Gasteiger partial charge >= 0.3 is 0 Å². The van der Waals surface area contributed by atoms with Crippen LogP contribution in [-0.4, -0.2) is 42.4 Å². The van der Waals surface area contributed by atoms with Crippen molar-refractivity contribution in [2.75, 3.05) is 26.0 Å². The molecule has 172 valence electrons. The van der Waals surface area contributed by atoms with Gasteiger partial charge in [0.05, 0.1) is 18.8 Å². The number of hydrogen-bond donors (Lipinski definition) is 1. The van der Waals surface area contributed by atoms with Crippen molar-refractivity contribution in [3.8, 4) is 0 Å². The van der Waals surface area contributed by atoms with E-state index in [-0.39, 0.29) is 31.9 Å². The molecule has 2 fully saturated rings. The van der Waals surface area contributed by atoms with Crippen LogP contribution in [0.3, 0.4) is 0 Å². The van der Waals surface area contributed by atoms with Crippen molar-refractivity contribution >= 4 is 41.1 Å². The van der Waals surface area contributed by atoms with Gasteiger partial charge in [-0.2, -0.15) is 0 Å². The normalized spacial score (nSPS) is 17.8. The average molecular weight is 501 g/mol. The summed E-state index contributed by atoms with van der Waals surface area (Å²) in [5.41, 5.74) is 1.11. The average Bonchev–Trinajstić information content (AvgIpc) is 3.51. The van der Waals surface area contributed by atoms with Crippen LogP contribution in [0.4, 0.5) is 8.78 Å². The number of benzene rings is 2. The van der Waals surface area contributed by atoms with Crippen LogP contribution in [0.1, 0.15) is 45.8 Å². The molecule has 1 N–H and O–H groups in total. The molecule has 4 rings (SSSR count). The van der Waals surface area contributed by atoms with E-state index in [0.717, 1.165) is 35.9 Å². The lowest BCUT2D eigenvalue weighted by Crippen LogP contribution is -2.60. The molecule has 0 unspecified atom stereocenters. The molecule has 32 heavy (non-hydrogen) atoms. The van der Waals surface area contributed by atoms with Gasteiger partial charge in [0.15, 0.2) is 5.67 Å². The molecule has 0 radical (unpaired) electrons. The molecule has 2 aromatic rings. The fourth-order valence-corrected chi connectivity index (χ4v) is 4.98. The lowest BCUT2D eigenvalue weighted by molar-refractivity contribution is -0.0937. The van der Waals surface area contributed by atoms with Crippen LogP contribution in [0.25, 0.3) is 0 Å². The van der Waals surface area contributed by atoms with E-state index in [9.17, 15) is 13.6 Å². The highest BCUT2D eigenvalue weighted by Crippen LogP contribution is 2.42. The minimum atomic E-state index is -1.45. The van der Waals surface area contributed by atoms with Gasteiger partial charge in [0.2, 0.25) is 0 Å². The zero-order valence-electron chi connectivity index (χ0n) is 17.6. The second-order valence-electron chi connectivity index (χ2n) is 8.51. The maximum absolute atomic E-state index is 15.0. The van der Waals surface area contributed by atoms with Crippen molar-refractivity contribution in [3.05, 3.63) is 68.4 Å². The lowest BCUT2D eigenvalue weighted by Gasteiger charge is -2.44. The van der Waals surface area contributed by atoms with E-state index in [2.05, 4.69) is 4.72 Å². The molecule has 0 atom stereocenters. The number of hydrogen-bond acceptors (Lipinski definition) is 4. The van der Waals surface area contributed by atoms with Crippen molar-refractivity contribution in [1.82, 2.24) is 9.62 Å². The number of nitrogens with one attached hydrogen (secondary N) is 1. The summed E-state index contributed by atoms with van der Waals surface area (Å²) < 4.78 is 37.7. The van der Waals surface area contributed by atoms with Crippen molar-refractivity contribution in [2.45, 2.75) is 37.6 Å². The van der Waals surface area contributed by atoms with Crippen LogP contribution >= 0.6 is 35.1 Å². The Balaban J connectivity index is 1.32. The number of ether oxygens (including phenoxy) is 1. The van der Waals surface area contributed by atoms with Gasteiger partial charge in [-0.05, 0) is 65.8 Å². The van der Waals surface area contributed by atoms with E-state index in [1.54, 1.807) is 18.4 Å². The van der Waals surface area contributed by atoms with Gasteiger partial charge in [-0.3, -0.25) is 14.4 Å². The highest BCUT2D eigenvalue weighted by atomic mass is 35.5. The maximum atomic E-state index is 15.0. The zero-order chi connectivity index (χ0) is 22.9. The Kier molecular flexibility index (Phi) is 7.32. The molecule has 2 aliphatic rings. The van der Waals surface area contributed by atoms with Crippen molar-refractivity contribution < 1.29 is 18.3 Å². The number of alkyl halides is 1. The summed E-state index contributed by atoms with van der Waals surface area (Å²) in [6.07, 6.45) is 3.70. The maximum Gasteiger partial charge on any atom is 0.264 e. The monoisotopic (exact) mass is 500 g/mol. The molecule has 1 amide bonds. The Morgan fingerprint density at radius 2 is 1.91 bits per heavy atom. The molecule has 1 saturated carbocycles. The highest BCUT2D eigenvalue weighted by molar-refractivity contribution is 7.97. The number of carbonyl (C=O) groups is 1. The van der Waals surface area contributed by atoms with Crippen LogP contribution in [0, 0.1) is 5.82 Å². The highest BCUT2D eigenvalue weighted by Gasteiger charge is 2.43. The molecule has 1 heterocycles. The standard InChI is InChI=1S/C23H24Cl2F2N2O2S/c1-32-28-22(30)20-8-19(15-2-3-15)16(6-21(20)26)10-31-13-23(27)11-29(12-23)9-14-4-17(24)7-18(25)5-14/h4-8,15H,2-3,9-13H2,1H3,(H,28,30). The molecule has 0 bridgehead atoms. The largest absolute Gasteiger partial charge is 0.373 e. The molecule has 1 aliphatic carbocycles. The fraction of sp³-hybridized carbons (Fsp3) is 0.435. The van der Waals surface area contributed by atoms with Gasteiger partial charge in [-0.15, -0.1) is 0 Å². The number of rotatable bonds is 9. The van der Waals surface area contributed by atoms with Gasteiger partial charge < -0.3 is 4.74 Å². The summed E-state index contributed by atoms with van der Waals surface area (Å²) in [7, 11) is 0. The predicted octanol–water partition coefficient (Wildman–Crippen LogP) is 5.76. The Bertz CT molecular complexity index is 993. The van der Waals surface area contributed by atoms with E-state index in [4.69, 9.17) is 27.9 Å². The smallest absolute Gasteiger partial charge is 0.264 e. The van der Waals surface area contributed by atoms with E-state index in [1.165, 1.54) is 6.07 Å². The van der Waals surface area contributed by atoms with Gasteiger partial charge in [0.25, 0.3) is 5.91 Å². The summed E-state index contributed by atoms with van der Waals surface area (Å²) in [4.78, 5) is 14.0.